The molecule has 190 valence electrons. The van der Waals surface area contributed by atoms with Crippen LogP contribution in [0, 0.1) is 0 Å². The van der Waals surface area contributed by atoms with Gasteiger partial charge in [-0.05, 0) is 60.9 Å². The van der Waals surface area contributed by atoms with Crippen molar-refractivity contribution in [2.45, 2.75) is 31.3 Å². The summed E-state index contributed by atoms with van der Waals surface area (Å²) < 4.78 is 8.36. The summed E-state index contributed by atoms with van der Waals surface area (Å²) >= 11 is 18.5. The van der Waals surface area contributed by atoms with Gasteiger partial charge in [0.05, 0.1) is 39.4 Å². The number of rotatable bonds is 7. The van der Waals surface area contributed by atoms with E-state index in [0.29, 0.717) is 10.7 Å². The summed E-state index contributed by atoms with van der Waals surface area (Å²) in [5.41, 5.74) is 2.97. The lowest BCUT2D eigenvalue weighted by Gasteiger charge is -2.18. The van der Waals surface area contributed by atoms with E-state index in [1.54, 1.807) is 33.4 Å². The quantitative estimate of drug-likeness (QED) is 0.299. The van der Waals surface area contributed by atoms with E-state index in [2.05, 4.69) is 5.32 Å². The van der Waals surface area contributed by atoms with Gasteiger partial charge >= 0.3 is 11.7 Å². The fraction of sp³-hybridized carbons (Fsp3) is 0.222. The van der Waals surface area contributed by atoms with Gasteiger partial charge in [-0.25, -0.2) is 9.59 Å². The predicted octanol–water partition coefficient (Wildman–Crippen LogP) is 5.60. The molecule has 0 spiro atoms. The van der Waals surface area contributed by atoms with Crippen LogP contribution in [0.5, 0.6) is 0 Å². The van der Waals surface area contributed by atoms with Crippen LogP contribution in [0.1, 0.15) is 34.8 Å². The Bertz CT molecular complexity index is 1550. The number of methoxy groups -OCH3 is 1. The molecule has 1 amide bonds. The number of carbonyl (C=O) groups excluding carboxylic acids is 2. The third kappa shape index (κ3) is 4.99. The average Bonchev–Trinajstić information content (AvgIpc) is 3.66. The third-order valence-corrected chi connectivity index (χ3v) is 7.23. The van der Waals surface area contributed by atoms with Gasteiger partial charge in [0.15, 0.2) is 0 Å². The summed E-state index contributed by atoms with van der Waals surface area (Å²) in [6.45, 7) is 0. The fourth-order valence-electron chi connectivity index (χ4n) is 4.43. The maximum absolute atomic E-state index is 13.3. The molecular formula is C27H22Cl3N3O4. The number of aromatic nitrogens is 2. The maximum atomic E-state index is 13.3. The highest BCUT2D eigenvalue weighted by Crippen LogP contribution is 2.37. The zero-order valence-electron chi connectivity index (χ0n) is 19.7. The zero-order valence-corrected chi connectivity index (χ0v) is 22.0. The highest BCUT2D eigenvalue weighted by molar-refractivity contribution is 6.39. The van der Waals surface area contributed by atoms with E-state index in [-0.39, 0.29) is 33.8 Å². The van der Waals surface area contributed by atoms with Crippen molar-refractivity contribution in [1.82, 2.24) is 14.5 Å². The molecule has 0 radical (unpaired) electrons. The zero-order chi connectivity index (χ0) is 26.3. The van der Waals surface area contributed by atoms with Gasteiger partial charge in [-0.15, -0.1) is 0 Å². The Balaban J connectivity index is 1.42. The molecule has 3 aromatic carbocycles. The van der Waals surface area contributed by atoms with Gasteiger partial charge in [-0.1, -0.05) is 53.0 Å². The van der Waals surface area contributed by atoms with Gasteiger partial charge in [-0.3, -0.25) is 13.9 Å². The predicted molar refractivity (Wildman–Crippen MR) is 144 cm³/mol. The van der Waals surface area contributed by atoms with Gasteiger partial charge in [-0.2, -0.15) is 0 Å². The van der Waals surface area contributed by atoms with Crippen LogP contribution in [0.15, 0.2) is 65.5 Å². The highest BCUT2D eigenvalue weighted by atomic mass is 35.5. The van der Waals surface area contributed by atoms with Crippen molar-refractivity contribution in [3.63, 3.8) is 0 Å². The minimum absolute atomic E-state index is 0.0848. The Morgan fingerprint density at radius 3 is 2.30 bits per heavy atom. The molecule has 1 atom stereocenters. The van der Waals surface area contributed by atoms with Crippen LogP contribution in [-0.4, -0.2) is 34.2 Å². The van der Waals surface area contributed by atoms with E-state index in [9.17, 15) is 14.4 Å². The third-order valence-electron chi connectivity index (χ3n) is 6.36. The van der Waals surface area contributed by atoms with Crippen molar-refractivity contribution >= 4 is 57.7 Å². The minimum Gasteiger partial charge on any atom is -0.467 e. The molecule has 0 aliphatic heterocycles. The van der Waals surface area contributed by atoms with E-state index in [1.165, 1.54) is 7.11 Å². The molecule has 1 N–H and O–H groups in total. The maximum Gasteiger partial charge on any atom is 0.333 e. The number of imidazole rings is 1. The second-order valence-electron chi connectivity index (χ2n) is 8.87. The van der Waals surface area contributed by atoms with Crippen LogP contribution in [0.4, 0.5) is 0 Å². The van der Waals surface area contributed by atoms with Crippen LogP contribution in [0.25, 0.3) is 16.7 Å². The van der Waals surface area contributed by atoms with Gasteiger partial charge in [0.25, 0.3) is 5.91 Å². The summed E-state index contributed by atoms with van der Waals surface area (Å²) in [7, 11) is 1.25. The number of halogens is 3. The van der Waals surface area contributed by atoms with Crippen molar-refractivity contribution in [2.24, 2.45) is 0 Å². The van der Waals surface area contributed by atoms with Gasteiger partial charge in [0.2, 0.25) is 0 Å². The Hall–Kier alpha value is -3.26. The first-order valence-corrected chi connectivity index (χ1v) is 12.8. The summed E-state index contributed by atoms with van der Waals surface area (Å²) in [5.74, 6) is -1.19. The second-order valence-corrected chi connectivity index (χ2v) is 10.1. The summed E-state index contributed by atoms with van der Waals surface area (Å²) in [4.78, 5) is 38.7. The van der Waals surface area contributed by atoms with E-state index in [4.69, 9.17) is 39.5 Å². The first kappa shape index (κ1) is 25.4. The first-order chi connectivity index (χ1) is 17.8. The second kappa shape index (κ2) is 10.2. The summed E-state index contributed by atoms with van der Waals surface area (Å²) in [6.07, 6.45) is 2.09. The molecule has 1 aliphatic rings. The minimum atomic E-state index is -0.975. The number of esters is 1. The Morgan fingerprint density at radius 2 is 1.68 bits per heavy atom. The molecule has 7 nitrogen and oxygen atoms in total. The number of amides is 1. The van der Waals surface area contributed by atoms with Gasteiger partial charge in [0, 0.05) is 17.5 Å². The van der Waals surface area contributed by atoms with E-state index >= 15 is 0 Å². The van der Waals surface area contributed by atoms with Gasteiger partial charge < -0.3 is 10.1 Å². The fourth-order valence-corrected chi connectivity index (χ4v) is 5.16. The molecule has 1 heterocycles. The molecule has 1 aromatic heterocycles. The standard InChI is InChI=1S/C27H22Cl3N3O4/c1-37-26(35)21(31-25(34)24-19(29)3-2-4-20(24)30)13-15-5-8-17(9-6-15)32-22-12-7-16(28)14-23(22)33(27(32)36)18-10-11-18/h2-9,12,14,18,21H,10-11,13H2,1H3,(H,31,34)/t21-/m0/s1. The number of hydrogen-bond donors (Lipinski definition) is 1. The van der Waals surface area contributed by atoms with Crippen LogP contribution in [-0.2, 0) is 16.0 Å². The van der Waals surface area contributed by atoms with Crippen molar-refractivity contribution in [3.8, 4) is 5.69 Å². The number of benzene rings is 3. The van der Waals surface area contributed by atoms with E-state index < -0.39 is 17.9 Å². The molecule has 0 saturated heterocycles. The molecule has 1 saturated carbocycles. The van der Waals surface area contributed by atoms with Crippen LogP contribution in [0.2, 0.25) is 15.1 Å². The number of hydrogen-bond acceptors (Lipinski definition) is 4. The number of carbonyl (C=O) groups is 2. The smallest absolute Gasteiger partial charge is 0.333 e. The van der Waals surface area contributed by atoms with E-state index in [0.717, 1.165) is 29.4 Å². The van der Waals surface area contributed by atoms with Gasteiger partial charge in [0.1, 0.15) is 6.04 Å². The largest absolute Gasteiger partial charge is 0.467 e. The molecule has 1 fully saturated rings. The van der Waals surface area contributed by atoms with E-state index in [1.807, 2.05) is 36.4 Å². The normalized spacial score (nSPS) is 13.9. The van der Waals surface area contributed by atoms with Crippen molar-refractivity contribution in [3.05, 3.63) is 97.3 Å². The Morgan fingerprint density at radius 1 is 1.00 bits per heavy atom. The lowest BCUT2D eigenvalue weighted by Crippen LogP contribution is -2.43. The van der Waals surface area contributed by atoms with Crippen LogP contribution >= 0.6 is 34.8 Å². The number of nitrogens with zero attached hydrogens (tertiary/aromatic N) is 2. The molecule has 4 aromatic rings. The number of ether oxygens (including phenoxy) is 1. The van der Waals surface area contributed by atoms with Crippen LogP contribution in [0.3, 0.4) is 0 Å². The summed E-state index contributed by atoms with van der Waals surface area (Å²) in [5, 5.41) is 3.59. The average molecular weight is 559 g/mol. The molecule has 0 bridgehead atoms. The van der Waals surface area contributed by atoms with Crippen molar-refractivity contribution < 1.29 is 14.3 Å². The molecule has 5 rings (SSSR count). The highest BCUT2D eigenvalue weighted by Gasteiger charge is 2.29. The SMILES string of the molecule is COC(=O)[C@H](Cc1ccc(-n2c(=O)n(C3CC3)c3cc(Cl)ccc32)cc1)NC(=O)c1c(Cl)cccc1Cl. The molecule has 37 heavy (non-hydrogen) atoms. The number of nitrogens with one attached hydrogen (secondary N) is 1. The first-order valence-electron chi connectivity index (χ1n) is 11.6. The Labute approximate surface area is 227 Å². The van der Waals surface area contributed by atoms with Crippen molar-refractivity contribution in [2.75, 3.05) is 7.11 Å². The molecule has 10 heteroatoms. The molecule has 0 unspecified atom stereocenters. The lowest BCUT2D eigenvalue weighted by molar-refractivity contribution is -0.142. The molecule has 1 aliphatic carbocycles. The van der Waals surface area contributed by atoms with Crippen molar-refractivity contribution in [1.29, 1.82) is 0 Å². The number of fused-ring (bicyclic) bond motifs is 1. The lowest BCUT2D eigenvalue weighted by atomic mass is 10.0. The summed E-state index contributed by atoms with van der Waals surface area (Å²) in [6, 6.07) is 16.6. The topological polar surface area (TPSA) is 82.3 Å². The van der Waals surface area contributed by atoms with Crippen LogP contribution < -0.4 is 11.0 Å². The monoisotopic (exact) mass is 557 g/mol. The molecular weight excluding hydrogens is 537 g/mol. The Kier molecular flexibility index (Phi) is 7.03.